The summed E-state index contributed by atoms with van der Waals surface area (Å²) in [6, 6.07) is -0.834. The summed E-state index contributed by atoms with van der Waals surface area (Å²) in [5.41, 5.74) is 5.56. The third kappa shape index (κ3) is 13.7. The normalized spacial score (nSPS) is 19.9. The van der Waals surface area contributed by atoms with Crippen LogP contribution in [0.1, 0.15) is 57.8 Å². The molecule has 0 spiro atoms. The van der Waals surface area contributed by atoms with Crippen molar-refractivity contribution in [2.24, 2.45) is 17.6 Å². The molecule has 5 N–H and O–H groups in total. The third-order valence-electron chi connectivity index (χ3n) is 5.00. The largest absolute Gasteiger partial charge is 0.542 e. The van der Waals surface area contributed by atoms with E-state index in [1.54, 1.807) is 6.29 Å². The van der Waals surface area contributed by atoms with E-state index in [1.165, 1.54) is 0 Å². The molecular weight excluding hydrogens is 622 g/mol. The minimum atomic E-state index is -0.834. The molecule has 1 aliphatic rings. The molecule has 2 amide bonds. The van der Waals surface area contributed by atoms with Gasteiger partial charge in [-0.25, -0.2) is 0 Å². The van der Waals surface area contributed by atoms with Gasteiger partial charge >= 0.3 is 0 Å². The van der Waals surface area contributed by atoms with Gasteiger partial charge < -0.3 is 21.2 Å². The summed E-state index contributed by atoms with van der Waals surface area (Å²) < 4.78 is 0.407. The molecular formula is C18H33N4O5SU-. The molecule has 1 fully saturated rings. The molecule has 29 heavy (non-hydrogen) atoms. The summed E-state index contributed by atoms with van der Waals surface area (Å²) in [5.74, 6) is 0.169. The van der Waals surface area contributed by atoms with Crippen LogP contribution in [0.2, 0.25) is 0 Å². The number of carbonyl (C=O) groups excluding carboxylic acids is 3. The van der Waals surface area contributed by atoms with Crippen molar-refractivity contribution in [1.29, 1.82) is 0 Å². The van der Waals surface area contributed by atoms with Crippen LogP contribution in [0.15, 0.2) is 0 Å². The number of unbranched alkanes of at least 4 members (excludes halogenated alkanes) is 3. The number of nitrogens with zero attached hydrogens (tertiary/aromatic N) is 1. The molecule has 166 valence electrons. The first-order valence-corrected chi connectivity index (χ1v) is 10.3. The second kappa shape index (κ2) is 17.5. The Labute approximate surface area is 202 Å². The molecule has 1 saturated carbocycles. The van der Waals surface area contributed by atoms with Gasteiger partial charge in [-0.15, -0.1) is 6.42 Å². The Morgan fingerprint density at radius 3 is 2.45 bits per heavy atom. The predicted molar refractivity (Wildman–Crippen MR) is 107 cm³/mol. The van der Waals surface area contributed by atoms with Gasteiger partial charge in [0, 0.05) is 50.1 Å². The second-order valence-corrected chi connectivity index (χ2v) is 7.55. The molecule has 1 rings (SSSR count). The van der Waals surface area contributed by atoms with E-state index in [0.717, 1.165) is 51.4 Å². The molecule has 9 nitrogen and oxygen atoms in total. The topological polar surface area (TPSA) is 134 Å². The summed E-state index contributed by atoms with van der Waals surface area (Å²) in [4.78, 5) is 39.0. The van der Waals surface area contributed by atoms with Crippen molar-refractivity contribution < 1.29 is 55.5 Å². The van der Waals surface area contributed by atoms with Crippen LogP contribution in [0.5, 0.6) is 0 Å². The molecule has 1 aliphatic carbocycles. The monoisotopic (exact) mass is 655 g/mol. The van der Waals surface area contributed by atoms with Crippen molar-refractivity contribution >= 4 is 30.9 Å². The molecule has 0 aromatic heterocycles. The number of nitrogens with one attached hydrogen (secondary N) is 2. The Balaban J connectivity index is 0.00000784. The van der Waals surface area contributed by atoms with Gasteiger partial charge in [0.25, 0.3) is 0 Å². The number of rotatable bonds is 14. The average Bonchev–Trinajstić information content (AvgIpc) is 2.68. The standard InChI is InChI=1S/C18H33N4O5S.U/c19-16(9-11-23)18(25)21-13-14-5-7-15(8-6-14)17(24)20-10-3-1-2-4-12-27-22(26)28;/h14-16,26,28H,1-10,12-13,19H2,(H,20,24)(H,21,25);/q-1;. The Bertz CT molecular complexity index is 479. The van der Waals surface area contributed by atoms with E-state index < -0.39 is 6.04 Å². The van der Waals surface area contributed by atoms with Crippen molar-refractivity contribution in [3.63, 3.8) is 0 Å². The van der Waals surface area contributed by atoms with Crippen LogP contribution >= 0.6 is 12.8 Å². The van der Waals surface area contributed by atoms with E-state index >= 15 is 0 Å². The minimum Gasteiger partial charge on any atom is -0.542 e. The number of nitrogens with two attached hydrogens (primary N) is 1. The second-order valence-electron chi connectivity index (χ2n) is 7.21. The van der Waals surface area contributed by atoms with Gasteiger partial charge in [0.2, 0.25) is 11.8 Å². The van der Waals surface area contributed by atoms with E-state index in [4.69, 9.17) is 15.8 Å². The zero-order chi connectivity index (χ0) is 20.8. The maximum Gasteiger partial charge on any atom is 0.234 e. The fourth-order valence-electron chi connectivity index (χ4n) is 3.27. The molecule has 0 radical (unpaired) electrons. The SMILES string of the molecule is NC(C[C-]=O)C(=O)NCC1CCC(C(=O)NCCCCCCON(O)S)CC1.[U]. The van der Waals surface area contributed by atoms with Crippen LogP contribution in [0, 0.1) is 42.9 Å². The van der Waals surface area contributed by atoms with Crippen LogP contribution < -0.4 is 16.4 Å². The molecule has 0 aromatic carbocycles. The molecule has 11 heteroatoms. The quantitative estimate of drug-likeness (QED) is 0.0813. The van der Waals surface area contributed by atoms with Gasteiger partial charge in [-0.05, 0) is 61.9 Å². The van der Waals surface area contributed by atoms with Crippen molar-refractivity contribution in [1.82, 2.24) is 15.3 Å². The van der Waals surface area contributed by atoms with Gasteiger partial charge in [-0.3, -0.25) is 25.9 Å². The summed E-state index contributed by atoms with van der Waals surface area (Å²) >= 11 is 3.55. The van der Waals surface area contributed by atoms with Gasteiger partial charge in [-0.2, -0.15) is 0 Å². The summed E-state index contributed by atoms with van der Waals surface area (Å²) in [6.45, 7) is 1.61. The van der Waals surface area contributed by atoms with Crippen LogP contribution in [-0.2, 0) is 19.2 Å². The number of amides is 2. The number of hydrogen-bond acceptors (Lipinski definition) is 8. The van der Waals surface area contributed by atoms with E-state index in [9.17, 15) is 14.4 Å². The first-order valence-electron chi connectivity index (χ1n) is 9.90. The van der Waals surface area contributed by atoms with Crippen LogP contribution in [0.25, 0.3) is 0 Å². The number of thiol groups is 1. The molecule has 0 aliphatic heterocycles. The zero-order valence-electron chi connectivity index (χ0n) is 16.8. The van der Waals surface area contributed by atoms with Crippen LogP contribution in [-0.4, -0.2) is 53.7 Å². The maximum absolute atomic E-state index is 12.2. The third-order valence-corrected chi connectivity index (χ3v) is 5.12. The van der Waals surface area contributed by atoms with E-state index in [2.05, 4.69) is 23.4 Å². The van der Waals surface area contributed by atoms with Gasteiger partial charge in [0.1, 0.15) is 0 Å². The van der Waals surface area contributed by atoms with Crippen molar-refractivity contribution in [3.05, 3.63) is 0 Å². The Morgan fingerprint density at radius 2 is 1.83 bits per heavy atom. The summed E-state index contributed by atoms with van der Waals surface area (Å²) in [6.07, 6.45) is 8.65. The number of hydrogen-bond donors (Lipinski definition) is 5. The van der Waals surface area contributed by atoms with Crippen LogP contribution in [0.3, 0.4) is 0 Å². The molecule has 0 saturated heterocycles. The fourth-order valence-corrected chi connectivity index (χ4v) is 3.35. The maximum atomic E-state index is 12.2. The fraction of sp³-hybridized carbons (Fsp3) is 0.833. The molecule has 1 unspecified atom stereocenters. The van der Waals surface area contributed by atoms with E-state index in [-0.39, 0.29) is 55.3 Å². The van der Waals surface area contributed by atoms with Crippen LogP contribution in [0.4, 0.5) is 0 Å². The van der Waals surface area contributed by atoms with Crippen molar-refractivity contribution in [2.75, 3.05) is 19.7 Å². The van der Waals surface area contributed by atoms with Gasteiger partial charge in [0.15, 0.2) is 0 Å². The van der Waals surface area contributed by atoms with Gasteiger partial charge in [0.05, 0.1) is 12.6 Å². The summed E-state index contributed by atoms with van der Waals surface area (Å²) in [5, 5.41) is 14.5. The first kappa shape index (κ1) is 28.9. The molecule has 0 heterocycles. The Hall–Kier alpha value is -0.148. The molecule has 0 bridgehead atoms. The van der Waals surface area contributed by atoms with E-state index in [0.29, 0.717) is 30.2 Å². The van der Waals surface area contributed by atoms with Gasteiger partial charge in [-0.1, -0.05) is 12.8 Å². The van der Waals surface area contributed by atoms with E-state index in [1.807, 2.05) is 0 Å². The number of carbonyl (C=O) groups is 2. The molecule has 0 aromatic rings. The van der Waals surface area contributed by atoms with Crippen molar-refractivity contribution in [2.45, 2.75) is 63.8 Å². The molecule has 1 atom stereocenters. The predicted octanol–water partition coefficient (Wildman–Crippen LogP) is 0.880. The minimum absolute atomic E-state index is 0. The summed E-state index contributed by atoms with van der Waals surface area (Å²) in [7, 11) is 0. The Kier molecular flexibility index (Phi) is 17.4. The smallest absolute Gasteiger partial charge is 0.234 e. The van der Waals surface area contributed by atoms with Crippen molar-refractivity contribution in [3.8, 4) is 0 Å². The average molecular weight is 656 g/mol. The Morgan fingerprint density at radius 1 is 1.17 bits per heavy atom. The first-order chi connectivity index (χ1) is 13.4. The zero-order valence-corrected chi connectivity index (χ0v) is 21.8.